The second kappa shape index (κ2) is 5.79. The quantitative estimate of drug-likeness (QED) is 0.946. The van der Waals surface area contributed by atoms with Gasteiger partial charge >= 0.3 is 0 Å². The van der Waals surface area contributed by atoms with Crippen molar-refractivity contribution in [1.29, 1.82) is 0 Å². The normalized spacial score (nSPS) is 13.2. The highest BCUT2D eigenvalue weighted by molar-refractivity contribution is 6.01. The number of halogens is 2. The number of carbonyl (C=O) groups excluding carboxylic acids is 2. The van der Waals surface area contributed by atoms with E-state index in [9.17, 15) is 18.4 Å². The lowest BCUT2D eigenvalue weighted by atomic mass is 10.1. The van der Waals surface area contributed by atoms with Crippen LogP contribution in [-0.4, -0.2) is 18.9 Å². The number of likely N-dealkylation sites (N-methyl/N-ethyl adjacent to an activating group) is 1. The molecular weight excluding hydrogens is 302 g/mol. The maximum absolute atomic E-state index is 13.1. The monoisotopic (exact) mass is 316 g/mol. The van der Waals surface area contributed by atoms with Crippen molar-refractivity contribution in [3.05, 3.63) is 59.2 Å². The van der Waals surface area contributed by atoms with Crippen molar-refractivity contribution in [3.8, 4) is 0 Å². The molecule has 2 aromatic rings. The van der Waals surface area contributed by atoms with Crippen LogP contribution in [0.3, 0.4) is 0 Å². The van der Waals surface area contributed by atoms with Gasteiger partial charge in [-0.25, -0.2) is 8.78 Å². The average Bonchev–Trinajstić information content (AvgIpc) is 2.77. The Hall–Kier alpha value is -2.76. The van der Waals surface area contributed by atoms with Gasteiger partial charge in [0.05, 0.1) is 12.8 Å². The maximum Gasteiger partial charge on any atom is 0.231 e. The SMILES string of the molecule is CN1C(=O)Cc2cc(CC(=O)Nc3ccc(F)c(F)c3)ccc21. The number of carbonyl (C=O) groups is 2. The summed E-state index contributed by atoms with van der Waals surface area (Å²) in [7, 11) is 1.71. The molecule has 3 rings (SSSR count). The minimum Gasteiger partial charge on any atom is -0.326 e. The molecule has 2 amide bonds. The predicted octanol–water partition coefficient (Wildman–Crippen LogP) is 2.66. The van der Waals surface area contributed by atoms with Crippen LogP contribution in [0.5, 0.6) is 0 Å². The van der Waals surface area contributed by atoms with E-state index in [1.54, 1.807) is 24.1 Å². The molecule has 0 radical (unpaired) electrons. The van der Waals surface area contributed by atoms with Crippen LogP contribution < -0.4 is 10.2 Å². The van der Waals surface area contributed by atoms with Crippen LogP contribution in [0.1, 0.15) is 11.1 Å². The topological polar surface area (TPSA) is 49.4 Å². The van der Waals surface area contributed by atoms with E-state index in [2.05, 4.69) is 5.32 Å². The van der Waals surface area contributed by atoms with Crippen molar-refractivity contribution >= 4 is 23.2 Å². The molecule has 0 atom stereocenters. The fourth-order valence-electron chi connectivity index (χ4n) is 2.60. The molecule has 1 aliphatic rings. The molecule has 118 valence electrons. The molecule has 0 spiro atoms. The van der Waals surface area contributed by atoms with Gasteiger partial charge < -0.3 is 10.2 Å². The maximum atomic E-state index is 13.1. The Labute approximate surface area is 131 Å². The third-order valence-electron chi connectivity index (χ3n) is 3.79. The molecule has 1 heterocycles. The number of fused-ring (bicyclic) bond motifs is 1. The van der Waals surface area contributed by atoms with E-state index >= 15 is 0 Å². The van der Waals surface area contributed by atoms with Crippen LogP contribution in [0, 0.1) is 11.6 Å². The molecule has 0 bridgehead atoms. The minimum absolute atomic E-state index is 0.0170. The van der Waals surface area contributed by atoms with E-state index in [-0.39, 0.29) is 23.9 Å². The van der Waals surface area contributed by atoms with Gasteiger partial charge in [0.2, 0.25) is 11.8 Å². The highest BCUT2D eigenvalue weighted by Crippen LogP contribution is 2.28. The van der Waals surface area contributed by atoms with Crippen LogP contribution in [0.4, 0.5) is 20.2 Å². The molecule has 0 unspecified atom stereocenters. The van der Waals surface area contributed by atoms with Gasteiger partial charge in [0.15, 0.2) is 11.6 Å². The number of nitrogens with zero attached hydrogens (tertiary/aromatic N) is 1. The van der Waals surface area contributed by atoms with Crippen LogP contribution >= 0.6 is 0 Å². The summed E-state index contributed by atoms with van der Waals surface area (Å²) in [6.07, 6.45) is 0.411. The van der Waals surface area contributed by atoms with Gasteiger partial charge in [-0.1, -0.05) is 12.1 Å². The molecule has 1 N–H and O–H groups in total. The summed E-state index contributed by atoms with van der Waals surface area (Å²) in [6, 6.07) is 8.60. The second-order valence-electron chi connectivity index (χ2n) is 5.45. The molecule has 0 saturated heterocycles. The Kier molecular flexibility index (Phi) is 3.82. The zero-order valence-corrected chi connectivity index (χ0v) is 12.4. The first-order valence-electron chi connectivity index (χ1n) is 7.07. The van der Waals surface area contributed by atoms with Crippen LogP contribution in [0.25, 0.3) is 0 Å². The lowest BCUT2D eigenvalue weighted by Gasteiger charge is -2.10. The van der Waals surface area contributed by atoms with Gasteiger partial charge in [-0.2, -0.15) is 0 Å². The predicted molar refractivity (Wildman–Crippen MR) is 82.2 cm³/mol. The molecule has 0 saturated carbocycles. The fourth-order valence-corrected chi connectivity index (χ4v) is 2.60. The number of nitrogens with one attached hydrogen (secondary N) is 1. The number of anilines is 2. The lowest BCUT2D eigenvalue weighted by molar-refractivity contribution is -0.117. The lowest BCUT2D eigenvalue weighted by Crippen LogP contribution is -2.20. The number of amides is 2. The van der Waals surface area contributed by atoms with Gasteiger partial charge in [0.1, 0.15) is 0 Å². The van der Waals surface area contributed by atoms with E-state index < -0.39 is 11.6 Å². The van der Waals surface area contributed by atoms with E-state index in [0.29, 0.717) is 6.42 Å². The van der Waals surface area contributed by atoms with E-state index in [4.69, 9.17) is 0 Å². The summed E-state index contributed by atoms with van der Waals surface area (Å²) in [5, 5.41) is 2.52. The van der Waals surface area contributed by atoms with Crippen molar-refractivity contribution in [3.63, 3.8) is 0 Å². The van der Waals surface area contributed by atoms with Crippen LogP contribution in [0.15, 0.2) is 36.4 Å². The average molecular weight is 316 g/mol. The molecule has 4 nitrogen and oxygen atoms in total. The Morgan fingerprint density at radius 2 is 1.96 bits per heavy atom. The molecule has 2 aromatic carbocycles. The zero-order chi connectivity index (χ0) is 16.6. The molecule has 0 fully saturated rings. The third-order valence-corrected chi connectivity index (χ3v) is 3.79. The minimum atomic E-state index is -1.01. The van der Waals surface area contributed by atoms with Gasteiger partial charge in [0.25, 0.3) is 0 Å². The van der Waals surface area contributed by atoms with Crippen LogP contribution in [-0.2, 0) is 22.4 Å². The van der Waals surface area contributed by atoms with E-state index in [1.165, 1.54) is 6.07 Å². The summed E-state index contributed by atoms with van der Waals surface area (Å²) >= 11 is 0. The summed E-state index contributed by atoms with van der Waals surface area (Å²) in [5.74, 6) is -2.30. The Bertz CT molecular complexity index is 805. The van der Waals surface area contributed by atoms with Gasteiger partial charge in [-0.3, -0.25) is 9.59 Å². The van der Waals surface area contributed by atoms with Crippen molar-refractivity contribution in [1.82, 2.24) is 0 Å². The summed E-state index contributed by atoms with van der Waals surface area (Å²) in [6.45, 7) is 0. The first kappa shape index (κ1) is 15.1. The first-order valence-corrected chi connectivity index (χ1v) is 7.07. The van der Waals surface area contributed by atoms with Crippen molar-refractivity contribution < 1.29 is 18.4 Å². The van der Waals surface area contributed by atoms with Gasteiger partial charge in [-0.15, -0.1) is 0 Å². The van der Waals surface area contributed by atoms with E-state index in [1.807, 2.05) is 6.07 Å². The summed E-state index contributed by atoms with van der Waals surface area (Å²) in [5.41, 5.74) is 2.69. The second-order valence-corrected chi connectivity index (χ2v) is 5.45. The molecular formula is C17H14F2N2O2. The Balaban J connectivity index is 1.70. The van der Waals surface area contributed by atoms with Crippen molar-refractivity contribution in [2.24, 2.45) is 0 Å². The number of hydrogen-bond donors (Lipinski definition) is 1. The fraction of sp³-hybridized carbons (Fsp3) is 0.176. The largest absolute Gasteiger partial charge is 0.326 e. The van der Waals surface area contributed by atoms with Gasteiger partial charge in [0, 0.05) is 24.5 Å². The Morgan fingerprint density at radius 3 is 2.70 bits per heavy atom. The molecule has 1 aliphatic heterocycles. The van der Waals surface area contributed by atoms with Gasteiger partial charge in [-0.05, 0) is 29.3 Å². The molecule has 0 aliphatic carbocycles. The van der Waals surface area contributed by atoms with Crippen LogP contribution in [0.2, 0.25) is 0 Å². The Morgan fingerprint density at radius 1 is 1.17 bits per heavy atom. The number of benzene rings is 2. The zero-order valence-electron chi connectivity index (χ0n) is 12.4. The standard InChI is InChI=1S/C17H14F2N2O2/c1-21-15-5-2-10(6-11(15)8-17(21)23)7-16(22)20-12-3-4-13(18)14(19)9-12/h2-6,9H,7-8H2,1H3,(H,20,22). The first-order chi connectivity index (χ1) is 10.9. The summed E-state index contributed by atoms with van der Waals surface area (Å²) < 4.78 is 26.0. The number of hydrogen-bond acceptors (Lipinski definition) is 2. The molecule has 6 heteroatoms. The molecule has 0 aromatic heterocycles. The highest BCUT2D eigenvalue weighted by atomic mass is 19.2. The highest BCUT2D eigenvalue weighted by Gasteiger charge is 2.24. The summed E-state index contributed by atoms with van der Waals surface area (Å²) in [4.78, 5) is 25.2. The number of rotatable bonds is 3. The third kappa shape index (κ3) is 3.06. The van der Waals surface area contributed by atoms with E-state index in [0.717, 1.165) is 28.9 Å². The smallest absolute Gasteiger partial charge is 0.231 e. The molecule has 23 heavy (non-hydrogen) atoms. The van der Waals surface area contributed by atoms with Crippen molar-refractivity contribution in [2.75, 3.05) is 17.3 Å². The van der Waals surface area contributed by atoms with Crippen molar-refractivity contribution in [2.45, 2.75) is 12.8 Å².